The average Bonchev–Trinajstić information content (AvgIpc) is 2.63. The molecule has 0 spiro atoms. The number of nitro groups is 1. The summed E-state index contributed by atoms with van der Waals surface area (Å²) >= 11 is 0. The van der Waals surface area contributed by atoms with Crippen LogP contribution in [0.2, 0.25) is 0 Å². The van der Waals surface area contributed by atoms with Gasteiger partial charge >= 0.3 is 0 Å². The minimum atomic E-state index is -0.599. The summed E-state index contributed by atoms with van der Waals surface area (Å²) in [5.74, 6) is 0. The molecule has 0 N–H and O–H groups in total. The molecule has 0 saturated heterocycles. The van der Waals surface area contributed by atoms with E-state index in [1.54, 1.807) is 0 Å². The van der Waals surface area contributed by atoms with Gasteiger partial charge in [-0.25, -0.2) is 4.98 Å². The van der Waals surface area contributed by atoms with Crippen LogP contribution in [0.25, 0.3) is 11.1 Å². The third-order valence-corrected chi connectivity index (χ3v) is 1.77. The first-order chi connectivity index (χ1) is 6.72. The predicted molar refractivity (Wildman–Crippen MR) is 46.1 cm³/mol. The van der Waals surface area contributed by atoms with Gasteiger partial charge in [-0.1, -0.05) is 0 Å². The van der Waals surface area contributed by atoms with E-state index in [4.69, 9.17) is 4.42 Å². The van der Waals surface area contributed by atoms with Crippen LogP contribution < -0.4 is 0 Å². The van der Waals surface area contributed by atoms with Crippen molar-refractivity contribution < 1.29 is 14.1 Å². The van der Waals surface area contributed by atoms with Gasteiger partial charge in [0, 0.05) is 11.6 Å². The van der Waals surface area contributed by atoms with Crippen LogP contribution >= 0.6 is 0 Å². The summed E-state index contributed by atoms with van der Waals surface area (Å²) in [6.45, 7) is 0. The van der Waals surface area contributed by atoms with E-state index >= 15 is 0 Å². The summed E-state index contributed by atoms with van der Waals surface area (Å²) in [5, 5.41) is 10.6. The van der Waals surface area contributed by atoms with Crippen molar-refractivity contribution in [2.24, 2.45) is 0 Å². The van der Waals surface area contributed by atoms with Crippen molar-refractivity contribution >= 4 is 23.1 Å². The van der Waals surface area contributed by atoms with E-state index in [1.165, 1.54) is 6.07 Å². The van der Waals surface area contributed by atoms with E-state index in [2.05, 4.69) is 4.98 Å². The van der Waals surface area contributed by atoms with Crippen molar-refractivity contribution in [2.75, 3.05) is 0 Å². The summed E-state index contributed by atoms with van der Waals surface area (Å²) in [7, 11) is 0. The molecular formula is C8H4N2O4. The standard InChI is InChI=1S/C8H4N2O4/c11-3-5-1-6(10(12)13)8-7(2-5)14-4-9-8/h1-4H. The molecule has 0 aliphatic rings. The number of rotatable bonds is 2. The number of benzene rings is 1. The van der Waals surface area contributed by atoms with Gasteiger partial charge in [-0.3, -0.25) is 14.9 Å². The van der Waals surface area contributed by atoms with Crippen LogP contribution in [0.4, 0.5) is 5.69 Å². The quantitative estimate of drug-likeness (QED) is 0.409. The first-order valence-corrected chi connectivity index (χ1v) is 3.69. The number of carbonyl (C=O) groups is 1. The van der Waals surface area contributed by atoms with Crippen molar-refractivity contribution in [1.29, 1.82) is 0 Å². The number of aldehydes is 1. The molecule has 70 valence electrons. The molecule has 2 rings (SSSR count). The van der Waals surface area contributed by atoms with Crippen LogP contribution in [0.1, 0.15) is 10.4 Å². The third-order valence-electron chi connectivity index (χ3n) is 1.77. The van der Waals surface area contributed by atoms with E-state index in [9.17, 15) is 14.9 Å². The molecule has 2 aromatic rings. The molecule has 0 aliphatic heterocycles. The number of hydrogen-bond acceptors (Lipinski definition) is 5. The Labute approximate surface area is 77.3 Å². The highest BCUT2D eigenvalue weighted by Gasteiger charge is 2.16. The number of nitro benzene ring substituents is 1. The van der Waals surface area contributed by atoms with Crippen LogP contribution in [0.5, 0.6) is 0 Å². The summed E-state index contributed by atoms with van der Waals surface area (Å²) in [5.41, 5.74) is 0.362. The third kappa shape index (κ3) is 1.13. The number of oxazole rings is 1. The van der Waals surface area contributed by atoms with Gasteiger partial charge in [-0.15, -0.1) is 0 Å². The maximum atomic E-state index is 10.6. The molecule has 6 nitrogen and oxygen atoms in total. The highest BCUT2D eigenvalue weighted by atomic mass is 16.6. The van der Waals surface area contributed by atoms with Crippen LogP contribution in [0.15, 0.2) is 22.9 Å². The maximum Gasteiger partial charge on any atom is 0.299 e. The van der Waals surface area contributed by atoms with Gasteiger partial charge in [0.25, 0.3) is 5.69 Å². The lowest BCUT2D eigenvalue weighted by Crippen LogP contribution is -1.91. The molecule has 0 saturated carbocycles. The Balaban J connectivity index is 2.83. The Kier molecular flexibility index (Phi) is 1.74. The van der Waals surface area contributed by atoms with Gasteiger partial charge in [0.05, 0.1) is 4.92 Å². The van der Waals surface area contributed by atoms with Crippen LogP contribution in [-0.2, 0) is 0 Å². The van der Waals surface area contributed by atoms with Crippen molar-refractivity contribution in [3.8, 4) is 0 Å². The number of fused-ring (bicyclic) bond motifs is 1. The van der Waals surface area contributed by atoms with E-state index in [1.807, 2.05) is 0 Å². The Bertz CT molecular complexity index is 517. The Morgan fingerprint density at radius 1 is 1.50 bits per heavy atom. The average molecular weight is 192 g/mol. The molecule has 1 heterocycles. The summed E-state index contributed by atoms with van der Waals surface area (Å²) < 4.78 is 4.88. The van der Waals surface area contributed by atoms with Crippen molar-refractivity contribution in [3.05, 3.63) is 34.2 Å². The first-order valence-electron chi connectivity index (χ1n) is 3.69. The SMILES string of the molecule is O=Cc1cc([N+](=O)[O-])c2ncoc2c1. The van der Waals surface area contributed by atoms with Gasteiger partial charge in [0.15, 0.2) is 17.5 Å². The monoisotopic (exact) mass is 192 g/mol. The molecular weight excluding hydrogens is 188 g/mol. The largest absolute Gasteiger partial charge is 0.443 e. The van der Waals surface area contributed by atoms with Gasteiger partial charge in [-0.2, -0.15) is 0 Å². The highest BCUT2D eigenvalue weighted by Crippen LogP contribution is 2.25. The Hall–Kier alpha value is -2.24. The molecule has 1 aromatic carbocycles. The molecule has 0 amide bonds. The highest BCUT2D eigenvalue weighted by molar-refractivity contribution is 5.89. The van der Waals surface area contributed by atoms with Crippen molar-refractivity contribution in [1.82, 2.24) is 4.98 Å². The number of carbonyl (C=O) groups excluding carboxylic acids is 1. The van der Waals surface area contributed by atoms with Crippen LogP contribution in [-0.4, -0.2) is 16.2 Å². The topological polar surface area (TPSA) is 86.2 Å². The lowest BCUT2D eigenvalue weighted by molar-refractivity contribution is -0.383. The second-order valence-corrected chi connectivity index (χ2v) is 2.61. The summed E-state index contributed by atoms with van der Waals surface area (Å²) in [4.78, 5) is 24.1. The Morgan fingerprint density at radius 2 is 2.29 bits per heavy atom. The number of nitrogens with zero attached hydrogens (tertiary/aromatic N) is 2. The zero-order valence-electron chi connectivity index (χ0n) is 6.84. The minimum Gasteiger partial charge on any atom is -0.443 e. The summed E-state index contributed by atoms with van der Waals surface area (Å²) in [6, 6.07) is 2.57. The molecule has 0 aliphatic carbocycles. The van der Waals surface area contributed by atoms with Gasteiger partial charge in [-0.05, 0) is 6.07 Å². The van der Waals surface area contributed by atoms with Crippen LogP contribution in [0, 0.1) is 10.1 Å². The van der Waals surface area contributed by atoms with E-state index < -0.39 is 4.92 Å². The van der Waals surface area contributed by atoms with Crippen molar-refractivity contribution in [3.63, 3.8) is 0 Å². The lowest BCUT2D eigenvalue weighted by Gasteiger charge is -1.93. The van der Waals surface area contributed by atoms with Gasteiger partial charge in [0.1, 0.15) is 6.29 Å². The molecule has 0 fully saturated rings. The maximum absolute atomic E-state index is 10.6. The molecule has 0 radical (unpaired) electrons. The second kappa shape index (κ2) is 2.91. The number of aromatic nitrogens is 1. The molecule has 0 atom stereocenters. The first kappa shape index (κ1) is 8.36. The van der Waals surface area contributed by atoms with Crippen LogP contribution in [0.3, 0.4) is 0 Å². The molecule has 0 bridgehead atoms. The number of non-ortho nitro benzene ring substituents is 1. The zero-order valence-corrected chi connectivity index (χ0v) is 6.84. The van der Waals surface area contributed by atoms with Crippen molar-refractivity contribution in [2.45, 2.75) is 0 Å². The molecule has 1 aromatic heterocycles. The lowest BCUT2D eigenvalue weighted by atomic mass is 10.2. The normalized spacial score (nSPS) is 10.3. The predicted octanol–water partition coefficient (Wildman–Crippen LogP) is 1.55. The fraction of sp³-hybridized carbons (Fsp3) is 0. The fourth-order valence-electron chi connectivity index (χ4n) is 1.18. The fourth-order valence-corrected chi connectivity index (χ4v) is 1.18. The summed E-state index contributed by atoms with van der Waals surface area (Å²) in [6.07, 6.45) is 1.63. The Morgan fingerprint density at radius 3 is 2.93 bits per heavy atom. The number of hydrogen-bond donors (Lipinski definition) is 0. The molecule has 0 unspecified atom stereocenters. The second-order valence-electron chi connectivity index (χ2n) is 2.61. The zero-order chi connectivity index (χ0) is 10.1. The van der Waals surface area contributed by atoms with E-state index in [0.717, 1.165) is 12.5 Å². The molecule has 6 heteroatoms. The smallest absolute Gasteiger partial charge is 0.299 e. The van der Waals surface area contributed by atoms with Gasteiger partial charge in [0.2, 0.25) is 0 Å². The van der Waals surface area contributed by atoms with Gasteiger partial charge < -0.3 is 4.42 Å². The minimum absolute atomic E-state index is 0.153. The molecule has 14 heavy (non-hydrogen) atoms. The van der Waals surface area contributed by atoms with E-state index in [0.29, 0.717) is 6.29 Å². The van der Waals surface area contributed by atoms with E-state index in [-0.39, 0.29) is 22.4 Å².